The topological polar surface area (TPSA) is 41.9 Å². The number of hydrogen-bond donors (Lipinski definition) is 3. The number of fused-ring (bicyclic) bond motifs is 3. The van der Waals surface area contributed by atoms with Crippen LogP contribution in [0.25, 0.3) is 0 Å². The third-order valence-corrected chi connectivity index (χ3v) is 5.44. The molecule has 4 nitrogen and oxygen atoms in total. The van der Waals surface area contributed by atoms with E-state index in [2.05, 4.69) is 32.0 Å². The van der Waals surface area contributed by atoms with Crippen molar-refractivity contribution in [2.24, 2.45) is 0 Å². The zero-order valence-corrected chi connectivity index (χ0v) is 11.9. The molecule has 0 saturated heterocycles. The van der Waals surface area contributed by atoms with Crippen molar-refractivity contribution in [2.75, 3.05) is 5.09 Å². The molecule has 1 unspecified atom stereocenters. The Morgan fingerprint density at radius 1 is 1.38 bits per heavy atom. The van der Waals surface area contributed by atoms with Gasteiger partial charge in [-0.3, -0.25) is 0 Å². The number of imidazole rings is 1. The minimum absolute atomic E-state index is 0.688. The van der Waals surface area contributed by atoms with Gasteiger partial charge in [0.15, 0.2) is 11.4 Å². The van der Waals surface area contributed by atoms with E-state index in [1.807, 2.05) is 0 Å². The molecule has 2 aliphatic heterocycles. The third kappa shape index (κ3) is 1.70. The molecule has 0 bridgehead atoms. The fourth-order valence-electron chi connectivity index (χ4n) is 2.15. The van der Waals surface area contributed by atoms with Crippen LogP contribution in [0, 0.1) is 0 Å². The summed E-state index contributed by atoms with van der Waals surface area (Å²) in [7, 11) is 0. The molecule has 3 heterocycles. The molecule has 0 spiro atoms. The number of thiocarbonyl (C=S) groups is 1. The van der Waals surface area contributed by atoms with Crippen molar-refractivity contribution in [1.29, 1.82) is 0 Å². The number of rotatable bonds is 0. The van der Waals surface area contributed by atoms with E-state index in [1.165, 1.54) is 12.8 Å². The smallest absolute Gasteiger partial charge is 0.173 e. The minimum Gasteiger partial charge on any atom is -0.324 e. The standard InChI is InChI=1S/C8H11N4PS3/c14-8-6-7(10-13(15,16)11-8)9-5-3-1-2-4-12(5)6/h1-4H2,(H3,10,11,14,15,16). The van der Waals surface area contributed by atoms with Gasteiger partial charge in [-0.1, -0.05) is 12.2 Å². The average molecular weight is 290 g/mol. The molecule has 0 aliphatic carbocycles. The van der Waals surface area contributed by atoms with Crippen LogP contribution in [0.15, 0.2) is 0 Å². The first-order valence-corrected chi connectivity index (χ1v) is 9.46. The van der Waals surface area contributed by atoms with Crippen LogP contribution in [0.3, 0.4) is 0 Å². The number of nitrogens with zero attached hydrogens (tertiary/aromatic N) is 2. The maximum absolute atomic E-state index is 5.35. The lowest BCUT2D eigenvalue weighted by molar-refractivity contribution is 0.520. The Balaban J connectivity index is 2.15. The van der Waals surface area contributed by atoms with Crippen molar-refractivity contribution in [2.45, 2.75) is 25.8 Å². The molecule has 86 valence electrons. The Hall–Kier alpha value is -0.100. The SMILES string of the molecule is S=C1NP(=S)(S)Nc2nc3n(c21)CCCC3. The van der Waals surface area contributed by atoms with Crippen LogP contribution in [-0.4, -0.2) is 14.5 Å². The van der Waals surface area contributed by atoms with Crippen LogP contribution in [0.2, 0.25) is 0 Å². The Morgan fingerprint density at radius 2 is 2.19 bits per heavy atom. The van der Waals surface area contributed by atoms with Gasteiger partial charge in [-0.15, -0.1) is 12.2 Å². The van der Waals surface area contributed by atoms with E-state index < -0.39 is 5.54 Å². The molecule has 0 fully saturated rings. The van der Waals surface area contributed by atoms with Crippen molar-refractivity contribution >= 4 is 52.6 Å². The normalized spacial score (nSPS) is 27.7. The highest BCUT2D eigenvalue weighted by Crippen LogP contribution is 2.50. The van der Waals surface area contributed by atoms with Gasteiger partial charge in [-0.05, 0) is 24.6 Å². The van der Waals surface area contributed by atoms with Crippen LogP contribution in [-0.2, 0) is 24.8 Å². The predicted molar refractivity (Wildman–Crippen MR) is 76.9 cm³/mol. The summed E-state index contributed by atoms with van der Waals surface area (Å²) in [4.78, 5) is 5.26. The van der Waals surface area contributed by atoms with Crippen LogP contribution in [0.5, 0.6) is 0 Å². The first-order chi connectivity index (χ1) is 7.57. The highest BCUT2D eigenvalue weighted by atomic mass is 32.9. The summed E-state index contributed by atoms with van der Waals surface area (Å²) < 4.78 is 2.20. The molecular weight excluding hydrogens is 279 g/mol. The van der Waals surface area contributed by atoms with Gasteiger partial charge in [0.05, 0.1) is 0 Å². The quantitative estimate of drug-likeness (QED) is 0.388. The number of aromatic nitrogens is 2. The summed E-state index contributed by atoms with van der Waals surface area (Å²) in [5.41, 5.74) is -1.09. The van der Waals surface area contributed by atoms with Gasteiger partial charge >= 0.3 is 0 Å². The van der Waals surface area contributed by atoms with E-state index in [1.54, 1.807) is 0 Å². The van der Waals surface area contributed by atoms with E-state index in [4.69, 9.17) is 24.0 Å². The lowest BCUT2D eigenvalue weighted by Gasteiger charge is -2.27. The van der Waals surface area contributed by atoms with Crippen LogP contribution >= 0.6 is 30.0 Å². The summed E-state index contributed by atoms with van der Waals surface area (Å²) in [6.45, 7) is 0.997. The molecule has 0 aromatic carbocycles. The maximum atomic E-state index is 5.35. The number of nitrogens with one attached hydrogen (secondary N) is 2. The van der Waals surface area contributed by atoms with Gasteiger partial charge in [0.1, 0.15) is 16.5 Å². The molecule has 2 N–H and O–H groups in total. The Morgan fingerprint density at radius 3 is 3.00 bits per heavy atom. The van der Waals surface area contributed by atoms with Crippen molar-refractivity contribution in [3.05, 3.63) is 11.5 Å². The molecule has 0 radical (unpaired) electrons. The second-order valence-electron chi connectivity index (χ2n) is 3.96. The summed E-state index contributed by atoms with van der Waals surface area (Å²) in [5, 5.41) is 6.28. The van der Waals surface area contributed by atoms with Gasteiger partial charge in [0.2, 0.25) is 0 Å². The van der Waals surface area contributed by atoms with E-state index in [0.29, 0.717) is 4.99 Å². The Kier molecular flexibility index (Phi) is 2.55. The molecule has 3 rings (SSSR count). The highest BCUT2D eigenvalue weighted by molar-refractivity contribution is 8.63. The van der Waals surface area contributed by atoms with E-state index in [0.717, 1.165) is 30.3 Å². The van der Waals surface area contributed by atoms with Crippen LogP contribution in [0.4, 0.5) is 5.82 Å². The molecule has 0 amide bonds. The molecule has 1 aromatic heterocycles. The Labute approximate surface area is 109 Å². The van der Waals surface area contributed by atoms with Crippen LogP contribution < -0.4 is 10.2 Å². The van der Waals surface area contributed by atoms with Gasteiger partial charge < -0.3 is 14.7 Å². The number of aryl methyl sites for hydroxylation is 1. The maximum Gasteiger partial charge on any atom is 0.173 e. The largest absolute Gasteiger partial charge is 0.324 e. The monoisotopic (exact) mass is 290 g/mol. The fourth-order valence-corrected chi connectivity index (χ4v) is 5.15. The van der Waals surface area contributed by atoms with Crippen molar-refractivity contribution < 1.29 is 0 Å². The molecule has 2 aliphatic rings. The van der Waals surface area contributed by atoms with Crippen molar-refractivity contribution in [3.63, 3.8) is 0 Å². The molecule has 8 heteroatoms. The average Bonchev–Trinajstić information content (AvgIpc) is 2.52. The summed E-state index contributed by atoms with van der Waals surface area (Å²) >= 11 is 15.0. The van der Waals surface area contributed by atoms with Crippen LogP contribution in [0.1, 0.15) is 24.4 Å². The lowest BCUT2D eigenvalue weighted by atomic mass is 10.1. The number of anilines is 1. The first-order valence-electron chi connectivity index (χ1n) is 5.10. The van der Waals surface area contributed by atoms with Crippen molar-refractivity contribution in [3.8, 4) is 0 Å². The zero-order chi connectivity index (χ0) is 11.3. The molecule has 16 heavy (non-hydrogen) atoms. The van der Waals surface area contributed by atoms with Gasteiger partial charge in [0, 0.05) is 13.0 Å². The van der Waals surface area contributed by atoms with Crippen molar-refractivity contribution in [1.82, 2.24) is 14.6 Å². The molecule has 0 saturated carbocycles. The third-order valence-electron chi connectivity index (χ3n) is 2.80. The minimum atomic E-state index is -2.07. The van der Waals surface area contributed by atoms with E-state index in [-0.39, 0.29) is 0 Å². The zero-order valence-electron chi connectivity index (χ0n) is 8.43. The molecular formula is C8H11N4PS3. The number of thiol groups is 1. The fraction of sp³-hybridized carbons (Fsp3) is 0.500. The molecule has 1 atom stereocenters. The predicted octanol–water partition coefficient (Wildman–Crippen LogP) is 2.06. The van der Waals surface area contributed by atoms with Gasteiger partial charge in [-0.25, -0.2) is 4.98 Å². The second kappa shape index (κ2) is 3.70. The second-order valence-corrected chi connectivity index (χ2v) is 10.2. The summed E-state index contributed by atoms with van der Waals surface area (Å²) in [6.07, 6.45) is 3.41. The Bertz CT molecular complexity index is 524. The van der Waals surface area contributed by atoms with E-state index >= 15 is 0 Å². The van der Waals surface area contributed by atoms with Gasteiger partial charge in [-0.2, -0.15) is 0 Å². The molecule has 1 aromatic rings. The highest BCUT2D eigenvalue weighted by Gasteiger charge is 2.30. The first kappa shape index (κ1) is 11.0. The summed E-state index contributed by atoms with van der Waals surface area (Å²) in [6, 6.07) is 0. The van der Waals surface area contributed by atoms with Gasteiger partial charge in [0.25, 0.3) is 0 Å². The number of hydrogen-bond acceptors (Lipinski definition) is 3. The lowest BCUT2D eigenvalue weighted by Crippen LogP contribution is -2.29. The van der Waals surface area contributed by atoms with E-state index in [9.17, 15) is 0 Å². The summed E-state index contributed by atoms with van der Waals surface area (Å²) in [5.74, 6) is 1.93.